The van der Waals surface area contributed by atoms with Gasteiger partial charge in [0.15, 0.2) is 0 Å². The van der Waals surface area contributed by atoms with Gasteiger partial charge in [0.25, 0.3) is 5.91 Å². The van der Waals surface area contributed by atoms with E-state index in [0.29, 0.717) is 5.57 Å². The molecule has 2 aromatic rings. The zero-order valence-electron chi connectivity index (χ0n) is 14.3. The fourth-order valence-corrected chi connectivity index (χ4v) is 4.45. The smallest absolute Gasteiger partial charge is 1.00 e. The summed E-state index contributed by atoms with van der Waals surface area (Å²) in [6.07, 6.45) is 3.70. The van der Waals surface area contributed by atoms with Crippen LogP contribution in [0.1, 0.15) is 12.7 Å². The molecule has 1 aromatic heterocycles. The van der Waals surface area contributed by atoms with Crippen LogP contribution >= 0.6 is 11.8 Å². The molecule has 1 atom stereocenters. The van der Waals surface area contributed by atoms with Crippen molar-refractivity contribution >= 4 is 29.7 Å². The molecule has 25 heavy (non-hydrogen) atoms. The van der Waals surface area contributed by atoms with E-state index < -0.39 is 5.97 Å². The number of rotatable bonds is 2. The van der Waals surface area contributed by atoms with Crippen LogP contribution in [0.4, 0.5) is 0 Å². The summed E-state index contributed by atoms with van der Waals surface area (Å²) >= 11 is 1.34. The number of aliphatic carboxylic acids is 1. The number of aromatic nitrogens is 2. The van der Waals surface area contributed by atoms with Gasteiger partial charge in [0.1, 0.15) is 16.9 Å². The molecule has 1 aromatic carbocycles. The number of imidazole rings is 1. The monoisotopic (exact) mass is 361 g/mol. The Hall–Kier alpha value is -1.80. The van der Waals surface area contributed by atoms with E-state index >= 15 is 0 Å². The van der Waals surface area contributed by atoms with Crippen molar-refractivity contribution in [2.45, 2.75) is 11.9 Å². The van der Waals surface area contributed by atoms with E-state index in [1.54, 1.807) is 6.08 Å². The Morgan fingerprint density at radius 2 is 2.20 bits per heavy atom. The SMILES string of the molecule is O=C(O)C1=CSC2C(=Cc3cn4c(n3)-c3ccccc3C4)C(=O)N12.[H-].[Na+]. The Labute approximate surface area is 171 Å². The van der Waals surface area contributed by atoms with Gasteiger partial charge in [-0.2, -0.15) is 0 Å². The molecule has 0 radical (unpaired) electrons. The molecule has 1 amide bonds. The maximum absolute atomic E-state index is 12.2. The maximum atomic E-state index is 12.2. The Morgan fingerprint density at radius 3 is 3.00 bits per heavy atom. The van der Waals surface area contributed by atoms with E-state index in [1.165, 1.54) is 27.6 Å². The molecule has 0 saturated carbocycles. The van der Waals surface area contributed by atoms with Crippen molar-refractivity contribution in [3.05, 3.63) is 58.4 Å². The zero-order valence-corrected chi connectivity index (χ0v) is 16.2. The van der Waals surface area contributed by atoms with Crippen LogP contribution in [0, 0.1) is 0 Å². The van der Waals surface area contributed by atoms with Crippen molar-refractivity contribution < 1.29 is 45.7 Å². The van der Waals surface area contributed by atoms with Crippen LogP contribution < -0.4 is 29.6 Å². The van der Waals surface area contributed by atoms with Crippen molar-refractivity contribution in [2.75, 3.05) is 0 Å². The molecular weight excluding hydrogens is 349 g/mol. The number of carbonyl (C=O) groups is 2. The quantitative estimate of drug-likeness (QED) is 0.369. The fourth-order valence-electron chi connectivity index (χ4n) is 3.33. The van der Waals surface area contributed by atoms with Crippen LogP contribution in [0.25, 0.3) is 17.5 Å². The third-order valence-corrected chi connectivity index (χ3v) is 5.53. The molecular formula is C17H12N3NaO3S. The number of hydrogen-bond acceptors (Lipinski definition) is 4. The molecule has 8 heteroatoms. The summed E-state index contributed by atoms with van der Waals surface area (Å²) in [7, 11) is 0. The number of nitrogens with zero attached hydrogens (tertiary/aromatic N) is 3. The number of β-lactam (4-membered cyclic amide) rings is 1. The molecule has 0 aliphatic carbocycles. The summed E-state index contributed by atoms with van der Waals surface area (Å²) < 4.78 is 2.07. The van der Waals surface area contributed by atoms with Gasteiger partial charge in [-0.3, -0.25) is 9.69 Å². The van der Waals surface area contributed by atoms with E-state index in [1.807, 2.05) is 24.4 Å². The number of carbonyl (C=O) groups excluding carboxylic acids is 1. The summed E-state index contributed by atoms with van der Waals surface area (Å²) in [4.78, 5) is 29.3. The molecule has 1 fully saturated rings. The molecule has 1 saturated heterocycles. The third-order valence-electron chi connectivity index (χ3n) is 4.45. The predicted octanol–water partition coefficient (Wildman–Crippen LogP) is -0.747. The van der Waals surface area contributed by atoms with Crippen molar-refractivity contribution in [1.29, 1.82) is 0 Å². The van der Waals surface area contributed by atoms with Crippen LogP contribution in [-0.4, -0.2) is 36.8 Å². The van der Waals surface area contributed by atoms with Crippen LogP contribution in [0.2, 0.25) is 0 Å². The van der Waals surface area contributed by atoms with Crippen molar-refractivity contribution in [2.24, 2.45) is 0 Å². The number of thioether (sulfide) groups is 1. The number of amides is 1. The summed E-state index contributed by atoms with van der Waals surface area (Å²) in [5.74, 6) is -0.424. The normalized spacial score (nSPS) is 21.2. The number of carboxylic acids is 1. The van der Waals surface area contributed by atoms with Crippen LogP contribution in [0.5, 0.6) is 0 Å². The van der Waals surface area contributed by atoms with Gasteiger partial charge >= 0.3 is 35.5 Å². The van der Waals surface area contributed by atoms with Crippen molar-refractivity contribution in [3.63, 3.8) is 0 Å². The largest absolute Gasteiger partial charge is 1.00 e. The average molecular weight is 361 g/mol. The molecule has 4 heterocycles. The number of hydrogen-bond donors (Lipinski definition) is 1. The standard InChI is InChI=1S/C17H11N3O3S.Na.H/c21-15-12(16-20(15)13(8-24-16)17(22)23)5-10-7-19-6-9-3-1-2-4-11(9)14(19)18-10;;/h1-5,7-8,16H,6H2,(H,22,23);;/q;+1;-1. The van der Waals surface area contributed by atoms with Crippen molar-refractivity contribution in [1.82, 2.24) is 14.5 Å². The van der Waals surface area contributed by atoms with Gasteiger partial charge in [0.2, 0.25) is 0 Å². The zero-order chi connectivity index (χ0) is 16.4. The van der Waals surface area contributed by atoms with Crippen LogP contribution in [0.3, 0.4) is 0 Å². The second-order valence-corrected chi connectivity index (χ2v) is 6.80. The minimum Gasteiger partial charge on any atom is -1.00 e. The molecule has 6 nitrogen and oxygen atoms in total. The first-order valence-electron chi connectivity index (χ1n) is 7.43. The summed E-state index contributed by atoms with van der Waals surface area (Å²) in [6.45, 7) is 0.782. The van der Waals surface area contributed by atoms with E-state index in [-0.39, 0.29) is 48.0 Å². The first-order valence-corrected chi connectivity index (χ1v) is 8.37. The van der Waals surface area contributed by atoms with E-state index in [0.717, 1.165) is 23.6 Å². The van der Waals surface area contributed by atoms with Crippen LogP contribution in [0.15, 0.2) is 47.1 Å². The van der Waals surface area contributed by atoms with E-state index in [9.17, 15) is 9.59 Å². The molecule has 120 valence electrons. The molecule has 5 rings (SSSR count). The number of carboxylic acid groups (broad SMARTS) is 1. The summed E-state index contributed by atoms with van der Waals surface area (Å²) in [5.41, 5.74) is 3.73. The molecule has 1 N–H and O–H groups in total. The van der Waals surface area contributed by atoms with Gasteiger partial charge in [0.05, 0.1) is 11.3 Å². The van der Waals surface area contributed by atoms with Gasteiger partial charge < -0.3 is 11.1 Å². The maximum Gasteiger partial charge on any atom is 1.00 e. The molecule has 0 bridgehead atoms. The second kappa shape index (κ2) is 5.88. The molecule has 1 unspecified atom stereocenters. The van der Waals surface area contributed by atoms with Crippen LogP contribution in [-0.2, 0) is 16.1 Å². The van der Waals surface area contributed by atoms with E-state index in [4.69, 9.17) is 5.11 Å². The third kappa shape index (κ3) is 2.34. The minimum absolute atomic E-state index is 0. The number of benzene rings is 1. The predicted molar refractivity (Wildman–Crippen MR) is 89.8 cm³/mol. The Bertz CT molecular complexity index is 1000. The van der Waals surface area contributed by atoms with Gasteiger partial charge in [0, 0.05) is 23.7 Å². The first-order chi connectivity index (χ1) is 11.6. The Kier molecular flexibility index (Phi) is 3.92. The first kappa shape index (κ1) is 16.7. The molecule has 3 aliphatic rings. The van der Waals surface area contributed by atoms with Gasteiger partial charge in [-0.15, -0.1) is 11.8 Å². The fraction of sp³-hybridized carbons (Fsp3) is 0.118. The van der Waals surface area contributed by atoms with E-state index in [2.05, 4.69) is 15.6 Å². The summed E-state index contributed by atoms with van der Waals surface area (Å²) in [6, 6.07) is 8.14. The average Bonchev–Trinajstić information content (AvgIpc) is 3.22. The second-order valence-electron chi connectivity index (χ2n) is 5.85. The Morgan fingerprint density at radius 1 is 1.40 bits per heavy atom. The van der Waals surface area contributed by atoms with Gasteiger partial charge in [-0.25, -0.2) is 9.78 Å². The topological polar surface area (TPSA) is 75.4 Å². The molecule has 3 aliphatic heterocycles. The Balaban J connectivity index is 0.000000980. The summed E-state index contributed by atoms with van der Waals surface area (Å²) in [5, 5.41) is 10.4. The molecule has 0 spiro atoms. The van der Waals surface area contributed by atoms with Gasteiger partial charge in [-0.1, -0.05) is 24.3 Å². The van der Waals surface area contributed by atoms with Crippen molar-refractivity contribution in [3.8, 4) is 11.4 Å². The minimum atomic E-state index is -1.07. The van der Waals surface area contributed by atoms with Gasteiger partial charge in [-0.05, 0) is 11.6 Å². The number of fused-ring (bicyclic) bond motifs is 4.